The Hall–Kier alpha value is -1.30. The molecule has 0 spiro atoms. The highest BCUT2D eigenvalue weighted by Gasteiger charge is 1.97. The van der Waals surface area contributed by atoms with Gasteiger partial charge in [0.25, 0.3) is 0 Å². The number of allylic oxidation sites excluding steroid dienone is 2. The molecule has 0 heterocycles. The van der Waals surface area contributed by atoms with E-state index in [2.05, 4.69) is 24.4 Å². The maximum absolute atomic E-state index is 11.1. The normalized spacial score (nSPS) is 10.8. The molecule has 0 aliphatic carbocycles. The van der Waals surface area contributed by atoms with Gasteiger partial charge in [-0.2, -0.15) is 5.26 Å². The molecule has 0 aromatic heterocycles. The Kier molecular flexibility index (Phi) is 18.7. The quantitative estimate of drug-likeness (QED) is 0.260. The largest absolute Gasteiger partial charge is 0.355 e. The van der Waals surface area contributed by atoms with Crippen LogP contribution >= 0.6 is 0 Å². The number of carbonyl (C=O) groups is 1. The summed E-state index contributed by atoms with van der Waals surface area (Å²) in [4.78, 5) is 11.1. The van der Waals surface area contributed by atoms with Gasteiger partial charge in [-0.15, -0.1) is 0 Å². The van der Waals surface area contributed by atoms with E-state index in [1.807, 2.05) is 6.07 Å². The minimum atomic E-state index is -0.148. The van der Waals surface area contributed by atoms with Crippen molar-refractivity contribution in [3.63, 3.8) is 0 Å². The first-order chi connectivity index (χ1) is 11.8. The fourth-order valence-electron chi connectivity index (χ4n) is 2.73. The molecule has 0 aromatic rings. The fraction of sp³-hybridized carbons (Fsp3) is 0.810. The van der Waals surface area contributed by atoms with E-state index in [4.69, 9.17) is 5.26 Å². The number of nitriles is 1. The van der Waals surface area contributed by atoms with Gasteiger partial charge < -0.3 is 5.32 Å². The molecule has 1 amide bonds. The van der Waals surface area contributed by atoms with E-state index in [9.17, 15) is 4.79 Å². The van der Waals surface area contributed by atoms with Gasteiger partial charge in [0.05, 0.1) is 6.07 Å². The number of hydrogen-bond donors (Lipinski definition) is 1. The lowest BCUT2D eigenvalue weighted by molar-refractivity contribution is -0.120. The molecule has 0 fully saturated rings. The zero-order valence-corrected chi connectivity index (χ0v) is 15.8. The number of rotatable bonds is 17. The number of nitrogens with zero attached hydrogens (tertiary/aromatic N) is 1. The molecule has 0 aromatic carbocycles. The first-order valence-electron chi connectivity index (χ1n) is 10.1. The third-order valence-electron chi connectivity index (χ3n) is 4.25. The van der Waals surface area contributed by atoms with Gasteiger partial charge in [-0.05, 0) is 32.1 Å². The maximum Gasteiger partial charge on any atom is 0.234 e. The highest BCUT2D eigenvalue weighted by molar-refractivity contribution is 5.77. The van der Waals surface area contributed by atoms with Gasteiger partial charge in [-0.3, -0.25) is 4.79 Å². The first kappa shape index (κ1) is 22.7. The van der Waals surface area contributed by atoms with E-state index in [-0.39, 0.29) is 12.3 Å². The Bertz CT molecular complexity index is 344. The molecule has 3 nitrogen and oxygen atoms in total. The summed E-state index contributed by atoms with van der Waals surface area (Å²) in [5.41, 5.74) is 0. The molecule has 0 radical (unpaired) electrons. The van der Waals surface area contributed by atoms with Gasteiger partial charge in [0.15, 0.2) is 0 Å². The van der Waals surface area contributed by atoms with Crippen LogP contribution in [0.4, 0.5) is 0 Å². The van der Waals surface area contributed by atoms with E-state index in [1.54, 1.807) is 0 Å². The molecule has 24 heavy (non-hydrogen) atoms. The summed E-state index contributed by atoms with van der Waals surface area (Å²) in [6, 6.07) is 1.86. The van der Waals surface area contributed by atoms with Gasteiger partial charge in [0, 0.05) is 6.54 Å². The molecule has 0 rings (SSSR count). The van der Waals surface area contributed by atoms with Crippen LogP contribution in [0.5, 0.6) is 0 Å². The second-order valence-electron chi connectivity index (χ2n) is 6.62. The van der Waals surface area contributed by atoms with Crippen LogP contribution in [-0.2, 0) is 4.79 Å². The number of nitrogens with one attached hydrogen (secondary N) is 1. The summed E-state index contributed by atoms with van der Waals surface area (Å²) in [5, 5.41) is 11.1. The van der Waals surface area contributed by atoms with Crippen LogP contribution in [0, 0.1) is 11.3 Å². The summed E-state index contributed by atoms with van der Waals surface area (Å²) in [5.74, 6) is -0.148. The lowest BCUT2D eigenvalue weighted by Crippen LogP contribution is -2.23. The Balaban J connectivity index is 3.13. The molecule has 0 saturated heterocycles. The van der Waals surface area contributed by atoms with Crippen molar-refractivity contribution in [1.82, 2.24) is 5.32 Å². The number of hydrogen-bond acceptors (Lipinski definition) is 2. The Morgan fingerprint density at radius 3 is 1.88 bits per heavy atom. The average molecular weight is 335 g/mol. The highest BCUT2D eigenvalue weighted by Crippen LogP contribution is 2.09. The van der Waals surface area contributed by atoms with Crippen molar-refractivity contribution in [2.45, 2.75) is 103 Å². The summed E-state index contributed by atoms with van der Waals surface area (Å²) in [6.45, 7) is 2.97. The summed E-state index contributed by atoms with van der Waals surface area (Å²) >= 11 is 0. The van der Waals surface area contributed by atoms with E-state index >= 15 is 0 Å². The van der Waals surface area contributed by atoms with Crippen LogP contribution in [0.3, 0.4) is 0 Å². The topological polar surface area (TPSA) is 52.9 Å². The van der Waals surface area contributed by atoms with Crippen molar-refractivity contribution in [3.8, 4) is 6.07 Å². The second kappa shape index (κ2) is 19.7. The molecule has 0 unspecified atom stereocenters. The zero-order valence-electron chi connectivity index (χ0n) is 15.8. The first-order valence-corrected chi connectivity index (χ1v) is 10.1. The van der Waals surface area contributed by atoms with Crippen molar-refractivity contribution in [2.75, 3.05) is 6.54 Å². The van der Waals surface area contributed by atoms with Crippen LogP contribution in [0.2, 0.25) is 0 Å². The monoisotopic (exact) mass is 334 g/mol. The minimum Gasteiger partial charge on any atom is -0.355 e. The summed E-state index contributed by atoms with van der Waals surface area (Å²) < 4.78 is 0. The van der Waals surface area contributed by atoms with E-state index in [0.717, 1.165) is 6.42 Å². The SMILES string of the molecule is CCCCCCCC/C=C\CCCCCCCCNC(=O)CC#N. The van der Waals surface area contributed by atoms with Gasteiger partial charge >= 0.3 is 0 Å². The Morgan fingerprint density at radius 2 is 1.33 bits per heavy atom. The van der Waals surface area contributed by atoms with Crippen molar-refractivity contribution in [2.24, 2.45) is 0 Å². The van der Waals surface area contributed by atoms with Crippen LogP contribution in [-0.4, -0.2) is 12.5 Å². The molecule has 0 aliphatic rings. The maximum atomic E-state index is 11.1. The van der Waals surface area contributed by atoms with Gasteiger partial charge in [-0.25, -0.2) is 0 Å². The number of amides is 1. The zero-order chi connectivity index (χ0) is 17.7. The highest BCUT2D eigenvalue weighted by atomic mass is 16.1. The lowest BCUT2D eigenvalue weighted by atomic mass is 10.1. The standard InChI is InChI=1S/C21H38N2O/c1-2-3-4-5-6-7-8-9-10-11-12-13-14-15-16-17-20-23-21(24)18-19-22/h9-10H,2-8,11-18,20H2,1H3,(H,23,24)/b10-9-. The van der Waals surface area contributed by atoms with Crippen LogP contribution < -0.4 is 5.32 Å². The minimum absolute atomic E-state index is 0.0215. The molecule has 1 N–H and O–H groups in total. The van der Waals surface area contributed by atoms with E-state index < -0.39 is 0 Å². The van der Waals surface area contributed by atoms with E-state index in [1.165, 1.54) is 83.5 Å². The van der Waals surface area contributed by atoms with Crippen LogP contribution in [0.15, 0.2) is 12.2 Å². The van der Waals surface area contributed by atoms with Crippen molar-refractivity contribution in [1.29, 1.82) is 5.26 Å². The van der Waals surface area contributed by atoms with Gasteiger partial charge in [0.1, 0.15) is 6.42 Å². The molecule has 0 atom stereocenters. The molecule has 138 valence electrons. The molecule has 0 aliphatic heterocycles. The van der Waals surface area contributed by atoms with Crippen molar-refractivity contribution < 1.29 is 4.79 Å². The average Bonchev–Trinajstić information content (AvgIpc) is 2.58. The third kappa shape index (κ3) is 18.7. The molecule has 0 bridgehead atoms. The molecule has 0 saturated carbocycles. The Labute approximate surface area is 149 Å². The van der Waals surface area contributed by atoms with Gasteiger partial charge in [-0.1, -0.05) is 76.9 Å². The number of unbranched alkanes of at least 4 members (excludes halogenated alkanes) is 12. The Morgan fingerprint density at radius 1 is 0.833 bits per heavy atom. The molecular formula is C21H38N2O. The number of carbonyl (C=O) groups excluding carboxylic acids is 1. The van der Waals surface area contributed by atoms with Crippen LogP contribution in [0.25, 0.3) is 0 Å². The van der Waals surface area contributed by atoms with E-state index in [0.29, 0.717) is 6.54 Å². The third-order valence-corrected chi connectivity index (χ3v) is 4.25. The predicted octanol–water partition coefficient (Wildman–Crippen LogP) is 6.05. The van der Waals surface area contributed by atoms with Gasteiger partial charge in [0.2, 0.25) is 5.91 Å². The fourth-order valence-corrected chi connectivity index (χ4v) is 2.73. The van der Waals surface area contributed by atoms with Crippen molar-refractivity contribution >= 4 is 5.91 Å². The molecule has 3 heteroatoms. The van der Waals surface area contributed by atoms with Crippen LogP contribution in [0.1, 0.15) is 103 Å². The summed E-state index contributed by atoms with van der Waals surface area (Å²) in [6.07, 6.45) is 22.8. The molecular weight excluding hydrogens is 296 g/mol. The second-order valence-corrected chi connectivity index (χ2v) is 6.62. The lowest BCUT2D eigenvalue weighted by Gasteiger charge is -2.03. The predicted molar refractivity (Wildman–Crippen MR) is 103 cm³/mol. The summed E-state index contributed by atoms with van der Waals surface area (Å²) in [7, 11) is 0. The smallest absolute Gasteiger partial charge is 0.234 e. The van der Waals surface area contributed by atoms with Crippen molar-refractivity contribution in [3.05, 3.63) is 12.2 Å².